The maximum atomic E-state index is 10.2. The summed E-state index contributed by atoms with van der Waals surface area (Å²) in [4.78, 5) is 10.2. The molecule has 0 saturated carbocycles. The molecule has 0 atom stereocenters. The molecule has 0 aliphatic heterocycles. The molecule has 95 valence electrons. The second-order valence-electron chi connectivity index (χ2n) is 4.23. The summed E-state index contributed by atoms with van der Waals surface area (Å²) >= 11 is 0. The number of carboxylic acids is 1. The Balaban J connectivity index is 2.90. The zero-order chi connectivity index (χ0) is 12.1. The van der Waals surface area contributed by atoms with E-state index in [1.807, 2.05) is 0 Å². The summed E-state index contributed by atoms with van der Waals surface area (Å²) in [6, 6.07) is 0. The molecule has 0 aromatic rings. The van der Waals surface area contributed by atoms with Gasteiger partial charge in [0.05, 0.1) is 7.11 Å². The fourth-order valence-electron chi connectivity index (χ4n) is 1.72. The molecule has 0 fully saturated rings. The van der Waals surface area contributed by atoms with E-state index in [-0.39, 0.29) is 0 Å². The van der Waals surface area contributed by atoms with Gasteiger partial charge >= 0.3 is 5.97 Å². The molecule has 0 heterocycles. The third kappa shape index (κ3) is 13.4. The number of unbranched alkanes of at least 4 members (excludes halogenated alkanes) is 8. The van der Waals surface area contributed by atoms with Crippen LogP contribution in [-0.4, -0.2) is 17.7 Å². The fourth-order valence-corrected chi connectivity index (χ4v) is 1.72. The maximum absolute atomic E-state index is 10.2. The largest absolute Gasteiger partial charge is 0.481 e. The number of aliphatic carboxylic acids is 1. The van der Waals surface area contributed by atoms with Gasteiger partial charge in [0.25, 0.3) is 0 Å². The van der Waals surface area contributed by atoms with Crippen molar-refractivity contribution in [1.82, 2.24) is 0 Å². The lowest BCUT2D eigenvalue weighted by Gasteiger charge is -2.01. The van der Waals surface area contributed by atoms with Gasteiger partial charge in [0.2, 0.25) is 0 Å². The van der Waals surface area contributed by atoms with Crippen LogP contribution in [0.4, 0.5) is 0 Å². The van der Waals surface area contributed by atoms with Crippen molar-refractivity contribution in [3.63, 3.8) is 0 Å². The predicted molar refractivity (Wildman–Crippen MR) is 65.1 cm³/mol. The molecular weight excluding hydrogens is 204 g/mol. The third-order valence-electron chi connectivity index (χ3n) is 2.68. The lowest BCUT2D eigenvalue weighted by molar-refractivity contribution is -0.137. The Kier molecular flexibility index (Phi) is 12.1. The van der Waals surface area contributed by atoms with Gasteiger partial charge in [-0.25, -0.2) is 0 Å². The normalized spacial score (nSPS) is 10.6. The summed E-state index contributed by atoms with van der Waals surface area (Å²) in [6.07, 6.45) is 10.8. The molecule has 1 radical (unpaired) electrons. The molecule has 16 heavy (non-hydrogen) atoms. The quantitative estimate of drug-likeness (QED) is 0.518. The minimum atomic E-state index is -0.673. The molecule has 3 heteroatoms. The first-order chi connectivity index (χ1) is 7.77. The van der Waals surface area contributed by atoms with Crippen LogP contribution in [0.3, 0.4) is 0 Å². The predicted octanol–water partition coefficient (Wildman–Crippen LogP) is 3.78. The molecule has 0 bridgehead atoms. The summed E-state index contributed by atoms with van der Waals surface area (Å²) in [5.74, 6) is -0.673. The van der Waals surface area contributed by atoms with E-state index >= 15 is 0 Å². The van der Waals surface area contributed by atoms with Crippen molar-refractivity contribution in [2.45, 2.75) is 64.2 Å². The zero-order valence-electron chi connectivity index (χ0n) is 10.2. The van der Waals surface area contributed by atoms with Crippen LogP contribution < -0.4 is 0 Å². The molecular formula is C13H25O3. The van der Waals surface area contributed by atoms with Crippen molar-refractivity contribution in [2.75, 3.05) is 6.61 Å². The standard InChI is InChI=1S/C13H25O3/c1-16-12-10-8-6-4-2-3-5-7-9-11-13(14)15/h1-12H2,(H,14,15). The summed E-state index contributed by atoms with van der Waals surface area (Å²) in [5, 5.41) is 8.44. The van der Waals surface area contributed by atoms with Crippen LogP contribution in [0.2, 0.25) is 0 Å². The van der Waals surface area contributed by atoms with Gasteiger partial charge in [0.1, 0.15) is 0 Å². The minimum absolute atomic E-state index is 0.324. The van der Waals surface area contributed by atoms with Crippen molar-refractivity contribution in [3.8, 4) is 0 Å². The average Bonchev–Trinajstić information content (AvgIpc) is 2.25. The molecule has 3 nitrogen and oxygen atoms in total. The first kappa shape index (κ1) is 15.4. The van der Waals surface area contributed by atoms with Crippen LogP contribution in [0.25, 0.3) is 0 Å². The number of rotatable bonds is 12. The van der Waals surface area contributed by atoms with Crippen molar-refractivity contribution < 1.29 is 14.6 Å². The molecule has 0 aromatic heterocycles. The second kappa shape index (κ2) is 12.5. The Morgan fingerprint density at radius 3 is 1.75 bits per heavy atom. The van der Waals surface area contributed by atoms with Gasteiger partial charge in [0, 0.05) is 13.0 Å². The second-order valence-corrected chi connectivity index (χ2v) is 4.23. The topological polar surface area (TPSA) is 46.5 Å². The number of ether oxygens (including phenoxy) is 1. The summed E-state index contributed by atoms with van der Waals surface area (Å²) in [7, 11) is 3.33. The average molecular weight is 229 g/mol. The first-order valence-electron chi connectivity index (χ1n) is 6.36. The Bertz CT molecular complexity index is 157. The van der Waals surface area contributed by atoms with Crippen LogP contribution >= 0.6 is 0 Å². The molecule has 0 aliphatic carbocycles. The minimum Gasteiger partial charge on any atom is -0.481 e. The zero-order valence-corrected chi connectivity index (χ0v) is 10.2. The van der Waals surface area contributed by atoms with Gasteiger partial charge < -0.3 is 9.84 Å². The highest BCUT2D eigenvalue weighted by atomic mass is 16.5. The highest BCUT2D eigenvalue weighted by Crippen LogP contribution is 2.10. The van der Waals surface area contributed by atoms with Crippen molar-refractivity contribution in [3.05, 3.63) is 7.11 Å². The van der Waals surface area contributed by atoms with Gasteiger partial charge in [-0.05, 0) is 12.8 Å². The highest BCUT2D eigenvalue weighted by Gasteiger charge is 1.96. The van der Waals surface area contributed by atoms with E-state index in [2.05, 4.69) is 7.11 Å². The van der Waals surface area contributed by atoms with E-state index in [1.54, 1.807) is 0 Å². The van der Waals surface area contributed by atoms with Gasteiger partial charge in [-0.1, -0.05) is 44.9 Å². The maximum Gasteiger partial charge on any atom is 0.303 e. The van der Waals surface area contributed by atoms with E-state index in [0.29, 0.717) is 6.42 Å². The summed E-state index contributed by atoms with van der Waals surface area (Å²) in [5.41, 5.74) is 0. The van der Waals surface area contributed by atoms with Crippen LogP contribution in [0, 0.1) is 7.11 Å². The van der Waals surface area contributed by atoms with Gasteiger partial charge in [-0.15, -0.1) is 0 Å². The molecule has 0 rings (SSSR count). The molecule has 0 amide bonds. The molecule has 0 unspecified atom stereocenters. The number of hydrogen-bond donors (Lipinski definition) is 1. The summed E-state index contributed by atoms with van der Waals surface area (Å²) in [6.45, 7) is 0.773. The Morgan fingerprint density at radius 2 is 1.31 bits per heavy atom. The molecule has 0 aromatic carbocycles. The number of carboxylic acid groups (broad SMARTS) is 1. The highest BCUT2D eigenvalue weighted by molar-refractivity contribution is 5.66. The van der Waals surface area contributed by atoms with Crippen LogP contribution in [0.1, 0.15) is 64.2 Å². The van der Waals surface area contributed by atoms with E-state index < -0.39 is 5.97 Å². The lowest BCUT2D eigenvalue weighted by atomic mass is 10.1. The smallest absolute Gasteiger partial charge is 0.303 e. The fraction of sp³-hybridized carbons (Fsp3) is 0.846. The molecule has 0 saturated heterocycles. The van der Waals surface area contributed by atoms with E-state index in [9.17, 15) is 4.79 Å². The SMILES string of the molecule is [CH2]OCCCCCCCCCCCC(=O)O. The first-order valence-corrected chi connectivity index (χ1v) is 6.36. The monoisotopic (exact) mass is 229 g/mol. The van der Waals surface area contributed by atoms with Crippen LogP contribution in [-0.2, 0) is 9.53 Å². The Labute approximate surface area is 99.2 Å². The lowest BCUT2D eigenvalue weighted by Crippen LogP contribution is -1.93. The Hall–Kier alpha value is -0.570. The third-order valence-corrected chi connectivity index (χ3v) is 2.68. The molecule has 0 aliphatic rings. The van der Waals surface area contributed by atoms with Crippen molar-refractivity contribution in [2.24, 2.45) is 0 Å². The Morgan fingerprint density at radius 1 is 0.875 bits per heavy atom. The van der Waals surface area contributed by atoms with E-state index in [1.165, 1.54) is 38.5 Å². The van der Waals surface area contributed by atoms with Gasteiger partial charge in [-0.3, -0.25) is 4.79 Å². The van der Waals surface area contributed by atoms with Crippen molar-refractivity contribution in [1.29, 1.82) is 0 Å². The number of hydrogen-bond acceptors (Lipinski definition) is 2. The van der Waals surface area contributed by atoms with Gasteiger partial charge in [-0.2, -0.15) is 0 Å². The summed E-state index contributed by atoms with van der Waals surface area (Å²) < 4.78 is 4.74. The number of carbonyl (C=O) groups is 1. The molecule has 1 N–H and O–H groups in total. The molecule has 0 spiro atoms. The van der Waals surface area contributed by atoms with Crippen molar-refractivity contribution >= 4 is 5.97 Å². The van der Waals surface area contributed by atoms with E-state index in [4.69, 9.17) is 9.84 Å². The van der Waals surface area contributed by atoms with Crippen LogP contribution in [0.5, 0.6) is 0 Å². The van der Waals surface area contributed by atoms with E-state index in [0.717, 1.165) is 25.9 Å². The van der Waals surface area contributed by atoms with Gasteiger partial charge in [0.15, 0.2) is 0 Å². The van der Waals surface area contributed by atoms with Crippen LogP contribution in [0.15, 0.2) is 0 Å².